The number of hydrogen-bond donors (Lipinski definition) is 4. The Kier molecular flexibility index (Phi) is 1.22. The van der Waals surface area contributed by atoms with Crippen molar-refractivity contribution in [3.05, 3.63) is 15.9 Å². The summed E-state index contributed by atoms with van der Waals surface area (Å²) in [5.41, 5.74) is 9.14. The van der Waals surface area contributed by atoms with Crippen molar-refractivity contribution in [2.24, 2.45) is 5.73 Å². The summed E-state index contributed by atoms with van der Waals surface area (Å²) in [4.78, 5) is 21.0. The zero-order valence-corrected chi connectivity index (χ0v) is 4.97. The molecular formula is C4H6N4O2. The van der Waals surface area contributed by atoms with Gasteiger partial charge in [-0.05, 0) is 0 Å². The summed E-state index contributed by atoms with van der Waals surface area (Å²) in [5.74, 6) is -0.863. The molecular weight excluding hydrogens is 136 g/mol. The zero-order valence-electron chi connectivity index (χ0n) is 4.97. The predicted molar refractivity (Wildman–Crippen MR) is 34.3 cm³/mol. The van der Waals surface area contributed by atoms with Crippen LogP contribution < -0.4 is 17.0 Å². The fourth-order valence-electron chi connectivity index (χ4n) is 0.616. The van der Waals surface area contributed by atoms with Crippen molar-refractivity contribution in [3.63, 3.8) is 0 Å². The summed E-state index contributed by atoms with van der Waals surface area (Å²) in [6.07, 6.45) is 0. The van der Waals surface area contributed by atoms with Crippen LogP contribution in [-0.4, -0.2) is 16.1 Å². The van der Waals surface area contributed by atoms with Gasteiger partial charge in [0, 0.05) is 0 Å². The molecule has 54 valence electrons. The second-order valence-electron chi connectivity index (χ2n) is 1.73. The molecule has 0 aromatic carbocycles. The quantitative estimate of drug-likeness (QED) is 0.377. The van der Waals surface area contributed by atoms with Gasteiger partial charge < -0.3 is 11.5 Å². The predicted octanol–water partition coefficient (Wildman–Crippen LogP) is -1.62. The van der Waals surface area contributed by atoms with Gasteiger partial charge in [-0.15, -0.1) is 0 Å². The van der Waals surface area contributed by atoms with Gasteiger partial charge >= 0.3 is 0 Å². The minimum absolute atomic E-state index is 0.0301. The Bertz CT molecular complexity index is 309. The lowest BCUT2D eigenvalue weighted by atomic mass is 10.3. The third-order valence-corrected chi connectivity index (χ3v) is 1.05. The molecule has 0 saturated heterocycles. The molecule has 0 bridgehead atoms. The maximum Gasteiger partial charge on any atom is 0.279 e. The van der Waals surface area contributed by atoms with Crippen LogP contribution >= 0.6 is 0 Å². The van der Waals surface area contributed by atoms with Crippen molar-refractivity contribution in [1.29, 1.82) is 0 Å². The largest absolute Gasteiger partial charge is 0.383 e. The first-order valence-electron chi connectivity index (χ1n) is 2.49. The summed E-state index contributed by atoms with van der Waals surface area (Å²) in [6.45, 7) is 0. The molecule has 1 amide bonds. The van der Waals surface area contributed by atoms with Crippen molar-refractivity contribution >= 4 is 11.7 Å². The Morgan fingerprint density at radius 2 is 2.00 bits per heavy atom. The van der Waals surface area contributed by atoms with E-state index in [-0.39, 0.29) is 11.4 Å². The van der Waals surface area contributed by atoms with Crippen LogP contribution in [0.15, 0.2) is 4.79 Å². The van der Waals surface area contributed by atoms with E-state index in [0.29, 0.717) is 0 Å². The first-order chi connectivity index (χ1) is 4.63. The molecule has 6 nitrogen and oxygen atoms in total. The molecule has 0 aliphatic carbocycles. The van der Waals surface area contributed by atoms with E-state index < -0.39 is 11.5 Å². The van der Waals surface area contributed by atoms with Gasteiger partial charge in [-0.1, -0.05) is 0 Å². The Morgan fingerprint density at radius 1 is 1.40 bits per heavy atom. The number of nitrogens with two attached hydrogens (primary N) is 2. The standard InChI is InChI=1S/C4H6N4O2/c5-2-1(3(6)9)4(10)8-7-2/h(H2,6,9)(H4,5,7,8,10). The number of hydrogen-bond acceptors (Lipinski definition) is 3. The van der Waals surface area contributed by atoms with Gasteiger partial charge in [-0.2, -0.15) is 0 Å². The van der Waals surface area contributed by atoms with E-state index in [1.54, 1.807) is 0 Å². The third-order valence-electron chi connectivity index (χ3n) is 1.05. The molecule has 1 aromatic heterocycles. The Morgan fingerprint density at radius 3 is 2.20 bits per heavy atom. The Balaban J connectivity index is 3.37. The maximum atomic E-state index is 10.6. The Labute approximate surface area is 55.2 Å². The van der Waals surface area contributed by atoms with Gasteiger partial charge in [0.1, 0.15) is 11.4 Å². The number of rotatable bonds is 1. The molecule has 0 fully saturated rings. The summed E-state index contributed by atoms with van der Waals surface area (Å²) in [7, 11) is 0. The van der Waals surface area contributed by atoms with E-state index >= 15 is 0 Å². The van der Waals surface area contributed by atoms with Crippen LogP contribution in [0.25, 0.3) is 0 Å². The van der Waals surface area contributed by atoms with Crippen molar-refractivity contribution in [2.75, 3.05) is 5.73 Å². The number of aromatic nitrogens is 2. The number of anilines is 1. The van der Waals surface area contributed by atoms with Crippen LogP contribution in [0.5, 0.6) is 0 Å². The topological polar surface area (TPSA) is 118 Å². The van der Waals surface area contributed by atoms with E-state index in [2.05, 4.69) is 10.2 Å². The summed E-state index contributed by atoms with van der Waals surface area (Å²) < 4.78 is 0. The van der Waals surface area contributed by atoms with Crippen molar-refractivity contribution in [3.8, 4) is 0 Å². The van der Waals surface area contributed by atoms with Crippen LogP contribution in [0.3, 0.4) is 0 Å². The molecule has 1 rings (SSSR count). The van der Waals surface area contributed by atoms with Crippen LogP contribution in [0.4, 0.5) is 5.82 Å². The Hall–Kier alpha value is -1.72. The highest BCUT2D eigenvalue weighted by atomic mass is 16.2. The second kappa shape index (κ2) is 1.90. The molecule has 0 aliphatic rings. The highest BCUT2D eigenvalue weighted by Crippen LogP contribution is 1.96. The van der Waals surface area contributed by atoms with E-state index in [1.165, 1.54) is 0 Å². The molecule has 1 heterocycles. The number of carbonyl (C=O) groups is 1. The molecule has 1 aromatic rings. The minimum atomic E-state index is -0.833. The number of nitrogen functional groups attached to an aromatic ring is 1. The fraction of sp³-hybridized carbons (Fsp3) is 0. The SMILES string of the molecule is NC(=O)c1c(N)[nH][nH]c1=O. The fourth-order valence-corrected chi connectivity index (χ4v) is 0.616. The number of aromatic amines is 2. The molecule has 0 aliphatic heterocycles. The van der Waals surface area contributed by atoms with Crippen molar-refractivity contribution < 1.29 is 4.79 Å². The number of nitrogens with one attached hydrogen (secondary N) is 2. The maximum absolute atomic E-state index is 10.6. The number of H-pyrrole nitrogens is 2. The molecule has 6 heteroatoms. The monoisotopic (exact) mass is 142 g/mol. The molecule has 0 atom stereocenters. The van der Waals surface area contributed by atoms with Gasteiger partial charge in [0.25, 0.3) is 11.5 Å². The summed E-state index contributed by atoms with van der Waals surface area (Å²) in [5, 5.41) is 4.37. The number of carbonyl (C=O) groups excluding carboxylic acids is 1. The third kappa shape index (κ3) is 0.750. The second-order valence-corrected chi connectivity index (χ2v) is 1.73. The zero-order chi connectivity index (χ0) is 7.72. The van der Waals surface area contributed by atoms with Gasteiger partial charge in [0.05, 0.1) is 0 Å². The summed E-state index contributed by atoms with van der Waals surface area (Å²) in [6, 6.07) is 0. The van der Waals surface area contributed by atoms with Gasteiger partial charge in [-0.25, -0.2) is 0 Å². The normalized spacial score (nSPS) is 9.60. The number of amides is 1. The first-order valence-corrected chi connectivity index (χ1v) is 2.49. The van der Waals surface area contributed by atoms with E-state index in [0.717, 1.165) is 0 Å². The summed E-state index contributed by atoms with van der Waals surface area (Å²) >= 11 is 0. The molecule has 0 unspecified atom stereocenters. The van der Waals surface area contributed by atoms with E-state index in [4.69, 9.17) is 11.5 Å². The highest BCUT2D eigenvalue weighted by Gasteiger charge is 2.11. The van der Waals surface area contributed by atoms with E-state index in [1.807, 2.05) is 0 Å². The van der Waals surface area contributed by atoms with E-state index in [9.17, 15) is 9.59 Å². The van der Waals surface area contributed by atoms with Crippen molar-refractivity contribution in [1.82, 2.24) is 10.2 Å². The van der Waals surface area contributed by atoms with Gasteiger partial charge in [0.15, 0.2) is 0 Å². The van der Waals surface area contributed by atoms with Crippen molar-refractivity contribution in [2.45, 2.75) is 0 Å². The van der Waals surface area contributed by atoms with Crippen LogP contribution in [-0.2, 0) is 0 Å². The minimum Gasteiger partial charge on any atom is -0.383 e. The average molecular weight is 142 g/mol. The smallest absolute Gasteiger partial charge is 0.279 e. The van der Waals surface area contributed by atoms with Gasteiger partial charge in [0.2, 0.25) is 0 Å². The van der Waals surface area contributed by atoms with Crippen LogP contribution in [0.2, 0.25) is 0 Å². The lowest BCUT2D eigenvalue weighted by Gasteiger charge is -1.86. The lowest BCUT2D eigenvalue weighted by Crippen LogP contribution is -2.20. The number of primary amides is 1. The molecule has 0 radical (unpaired) electrons. The van der Waals surface area contributed by atoms with Crippen LogP contribution in [0.1, 0.15) is 10.4 Å². The highest BCUT2D eigenvalue weighted by molar-refractivity contribution is 5.96. The molecule has 10 heavy (non-hydrogen) atoms. The molecule has 6 N–H and O–H groups in total. The molecule has 0 saturated carbocycles. The molecule has 0 spiro atoms. The van der Waals surface area contributed by atoms with Gasteiger partial charge in [-0.3, -0.25) is 19.8 Å². The first kappa shape index (κ1) is 6.40. The average Bonchev–Trinajstić information content (AvgIpc) is 2.11. The lowest BCUT2D eigenvalue weighted by molar-refractivity contribution is 0.1000. The van der Waals surface area contributed by atoms with Crippen LogP contribution in [0, 0.1) is 0 Å².